The van der Waals surface area contributed by atoms with E-state index in [0.29, 0.717) is 0 Å². The van der Waals surface area contributed by atoms with Crippen molar-refractivity contribution in [2.45, 2.75) is 64.2 Å². The zero-order chi connectivity index (χ0) is 17.2. The first kappa shape index (κ1) is 17.5. The highest BCUT2D eigenvalue weighted by atomic mass is 16.8. The predicted octanol–water partition coefficient (Wildman–Crippen LogP) is 1.27. The number of nitrogens with zero attached hydrogens (tertiary/aromatic N) is 3. The molecule has 0 bridgehead atoms. The second-order valence-corrected chi connectivity index (χ2v) is 6.16. The molecular weight excluding hydrogens is 304 g/mol. The number of rotatable bonds is 4. The van der Waals surface area contributed by atoms with Crippen molar-refractivity contribution in [2.24, 2.45) is 11.0 Å². The van der Waals surface area contributed by atoms with E-state index in [1.165, 1.54) is 6.92 Å². The number of nitrogens with one attached hydrogen (secondary N) is 1. The summed E-state index contributed by atoms with van der Waals surface area (Å²) in [5.41, 5.74) is 8.80. The highest BCUT2D eigenvalue weighted by Gasteiger charge is 2.56. The molecule has 23 heavy (non-hydrogen) atoms. The van der Waals surface area contributed by atoms with Gasteiger partial charge in [-0.3, -0.25) is 9.59 Å². The second-order valence-electron chi connectivity index (χ2n) is 6.16. The number of carbonyl (C=O) groups is 2. The first-order valence-electron chi connectivity index (χ1n) is 7.62. The minimum absolute atomic E-state index is 0.231. The third kappa shape index (κ3) is 3.74. The smallest absolute Gasteiger partial charge is 0.311 e. The van der Waals surface area contributed by atoms with Crippen LogP contribution in [0.1, 0.15) is 34.1 Å². The minimum Gasteiger partial charge on any atom is -0.466 e. The number of carbonyl (C=O) groups excluding carboxylic acids is 2. The monoisotopic (exact) mass is 326 g/mol. The van der Waals surface area contributed by atoms with Gasteiger partial charge in [0.15, 0.2) is 5.79 Å². The molecule has 1 N–H and O–H groups in total. The summed E-state index contributed by atoms with van der Waals surface area (Å²) in [7, 11) is 0. The van der Waals surface area contributed by atoms with E-state index in [4.69, 9.17) is 19.7 Å². The summed E-state index contributed by atoms with van der Waals surface area (Å²) in [6, 6.07) is -1.17. The van der Waals surface area contributed by atoms with Gasteiger partial charge in [-0.2, -0.15) is 0 Å². The quantitative estimate of drug-likeness (QED) is 0.361. The van der Waals surface area contributed by atoms with Gasteiger partial charge in [0.25, 0.3) is 0 Å². The number of hydrogen-bond acceptors (Lipinski definition) is 6. The molecule has 1 saturated heterocycles. The van der Waals surface area contributed by atoms with Gasteiger partial charge in [0.05, 0.1) is 24.6 Å². The summed E-state index contributed by atoms with van der Waals surface area (Å²) in [4.78, 5) is 26.6. The highest BCUT2D eigenvalue weighted by molar-refractivity contribution is 5.75. The maximum Gasteiger partial charge on any atom is 0.311 e. The van der Waals surface area contributed by atoms with E-state index in [1.807, 2.05) is 0 Å². The van der Waals surface area contributed by atoms with Crippen molar-refractivity contribution in [3.8, 4) is 0 Å². The van der Waals surface area contributed by atoms with Crippen LogP contribution >= 0.6 is 0 Å². The van der Waals surface area contributed by atoms with Crippen LogP contribution < -0.4 is 5.32 Å². The van der Waals surface area contributed by atoms with Gasteiger partial charge in [-0.25, -0.2) is 0 Å². The Kier molecular flexibility index (Phi) is 5.13. The van der Waals surface area contributed by atoms with E-state index in [2.05, 4.69) is 15.3 Å². The fraction of sp³-hybridized carbons (Fsp3) is 0.857. The maximum absolute atomic E-state index is 12.3. The Morgan fingerprint density at radius 1 is 1.39 bits per heavy atom. The van der Waals surface area contributed by atoms with Crippen molar-refractivity contribution in [3.05, 3.63) is 10.4 Å². The van der Waals surface area contributed by atoms with Gasteiger partial charge in [-0.1, -0.05) is 5.11 Å². The summed E-state index contributed by atoms with van der Waals surface area (Å²) < 4.78 is 16.8. The number of ether oxygens (including phenoxy) is 3. The first-order valence-corrected chi connectivity index (χ1v) is 7.62. The lowest BCUT2D eigenvalue weighted by molar-refractivity contribution is -0.163. The molecular formula is C14H22N4O5. The molecule has 1 saturated carbocycles. The zero-order valence-electron chi connectivity index (χ0n) is 13.7. The predicted molar refractivity (Wildman–Crippen MR) is 79.1 cm³/mol. The molecule has 9 nitrogen and oxygen atoms in total. The molecule has 1 unspecified atom stereocenters. The second kappa shape index (κ2) is 6.74. The molecule has 0 aromatic rings. The molecule has 1 aliphatic heterocycles. The number of fused-ring (bicyclic) bond motifs is 1. The van der Waals surface area contributed by atoms with E-state index in [1.54, 1.807) is 20.8 Å². The van der Waals surface area contributed by atoms with Gasteiger partial charge in [-0.05, 0) is 32.7 Å². The van der Waals surface area contributed by atoms with Crippen molar-refractivity contribution < 1.29 is 23.8 Å². The molecule has 2 rings (SSSR count). The molecule has 0 aromatic heterocycles. The van der Waals surface area contributed by atoms with Crippen LogP contribution in [0.25, 0.3) is 10.4 Å². The SMILES string of the molecule is CCOC(=O)C1C[C@H](N=[N+]=[N-])[C@@H](NC(C)=O)[C@@H]2OC(C)(C)O[C@H]12. The van der Waals surface area contributed by atoms with Crippen molar-refractivity contribution in [1.29, 1.82) is 0 Å². The third-order valence-electron chi connectivity index (χ3n) is 3.98. The fourth-order valence-corrected chi connectivity index (χ4v) is 3.24. The van der Waals surface area contributed by atoms with Crippen LogP contribution in [0.15, 0.2) is 5.11 Å². The summed E-state index contributed by atoms with van der Waals surface area (Å²) >= 11 is 0. The van der Waals surface area contributed by atoms with Gasteiger partial charge >= 0.3 is 5.97 Å². The van der Waals surface area contributed by atoms with E-state index >= 15 is 0 Å². The van der Waals surface area contributed by atoms with Gasteiger partial charge in [-0.15, -0.1) is 0 Å². The largest absolute Gasteiger partial charge is 0.466 e. The van der Waals surface area contributed by atoms with Gasteiger partial charge in [0.2, 0.25) is 5.91 Å². The molecule has 1 amide bonds. The van der Waals surface area contributed by atoms with Crippen LogP contribution in [0, 0.1) is 5.92 Å². The maximum atomic E-state index is 12.3. The Morgan fingerprint density at radius 3 is 2.61 bits per heavy atom. The molecule has 5 atom stereocenters. The molecule has 1 aliphatic carbocycles. The van der Waals surface area contributed by atoms with Crippen LogP contribution in [0.5, 0.6) is 0 Å². The molecule has 2 fully saturated rings. The normalized spacial score (nSPS) is 34.9. The van der Waals surface area contributed by atoms with Gasteiger partial charge < -0.3 is 19.5 Å². The fourth-order valence-electron chi connectivity index (χ4n) is 3.24. The topological polar surface area (TPSA) is 123 Å². The summed E-state index contributed by atoms with van der Waals surface area (Å²) in [5, 5.41) is 6.50. The molecule has 9 heteroatoms. The minimum atomic E-state index is -0.901. The average Bonchev–Trinajstić information content (AvgIpc) is 2.76. The molecule has 128 valence electrons. The summed E-state index contributed by atoms with van der Waals surface area (Å²) in [5.74, 6) is -2.19. The molecule has 2 aliphatic rings. The van der Waals surface area contributed by atoms with Gasteiger partial charge in [0.1, 0.15) is 12.2 Å². The number of azide groups is 1. The summed E-state index contributed by atoms with van der Waals surface area (Å²) in [6.45, 7) is 6.82. The first-order chi connectivity index (χ1) is 10.8. The van der Waals surface area contributed by atoms with Crippen molar-refractivity contribution in [1.82, 2.24) is 5.32 Å². The van der Waals surface area contributed by atoms with Crippen molar-refractivity contribution in [3.63, 3.8) is 0 Å². The van der Waals surface area contributed by atoms with E-state index in [-0.39, 0.29) is 18.9 Å². The number of amides is 1. The average molecular weight is 326 g/mol. The number of hydrogen-bond donors (Lipinski definition) is 1. The number of esters is 1. The van der Waals surface area contributed by atoms with Gasteiger partial charge in [0, 0.05) is 11.8 Å². The van der Waals surface area contributed by atoms with E-state index in [0.717, 1.165) is 0 Å². The van der Waals surface area contributed by atoms with Crippen molar-refractivity contribution in [2.75, 3.05) is 6.61 Å². The van der Waals surface area contributed by atoms with Crippen molar-refractivity contribution >= 4 is 11.9 Å². The highest BCUT2D eigenvalue weighted by Crippen LogP contribution is 2.41. The molecule has 0 aromatic carbocycles. The van der Waals surface area contributed by atoms with Crippen LogP contribution in [0.4, 0.5) is 0 Å². The molecule has 0 spiro atoms. The Bertz CT molecular complexity index is 531. The third-order valence-corrected chi connectivity index (χ3v) is 3.98. The van der Waals surface area contributed by atoms with Crippen LogP contribution in [-0.2, 0) is 23.8 Å². The Morgan fingerprint density at radius 2 is 2.04 bits per heavy atom. The van der Waals surface area contributed by atoms with Crippen LogP contribution in [-0.4, -0.2) is 48.6 Å². The lowest BCUT2D eigenvalue weighted by Gasteiger charge is -2.39. The lowest BCUT2D eigenvalue weighted by atomic mass is 9.78. The summed E-state index contributed by atoms with van der Waals surface area (Å²) in [6.07, 6.45) is -0.923. The Balaban J connectivity index is 2.34. The Hall–Kier alpha value is -1.83. The van der Waals surface area contributed by atoms with E-state index < -0.39 is 42.0 Å². The standard InChI is InChI=1S/C14H22N4O5/c1-5-21-13(20)8-6-9(17-18-15)10(16-7(2)19)12-11(8)22-14(3,4)23-12/h8-12H,5-6H2,1-4H3,(H,16,19)/t8?,9-,10+,11+,12-/m0/s1. The van der Waals surface area contributed by atoms with Crippen LogP contribution in [0.2, 0.25) is 0 Å². The Labute approximate surface area is 134 Å². The lowest BCUT2D eigenvalue weighted by Crippen LogP contribution is -2.60. The molecule has 1 heterocycles. The zero-order valence-corrected chi connectivity index (χ0v) is 13.7. The van der Waals surface area contributed by atoms with Crippen LogP contribution in [0.3, 0.4) is 0 Å². The van der Waals surface area contributed by atoms with E-state index in [9.17, 15) is 9.59 Å². The molecule has 0 radical (unpaired) electrons.